The molecule has 17 heavy (non-hydrogen) atoms. The van der Waals surface area contributed by atoms with E-state index in [0.717, 1.165) is 22.2 Å². The number of halogens is 1. The zero-order valence-electron chi connectivity index (χ0n) is 9.77. The van der Waals surface area contributed by atoms with Gasteiger partial charge in [-0.3, -0.25) is 16.0 Å². The molecule has 0 aromatic carbocycles. The Kier molecular flexibility index (Phi) is 3.98. The second kappa shape index (κ2) is 5.30. The van der Waals surface area contributed by atoms with E-state index >= 15 is 0 Å². The number of nitrogens with zero attached hydrogens (tertiary/aromatic N) is 2. The number of rotatable bonds is 4. The van der Waals surface area contributed by atoms with Crippen LogP contribution in [0.1, 0.15) is 22.2 Å². The van der Waals surface area contributed by atoms with Gasteiger partial charge in [0, 0.05) is 39.5 Å². The highest BCUT2D eigenvalue weighted by Gasteiger charge is 2.16. The molecule has 0 aliphatic heterocycles. The Morgan fingerprint density at radius 2 is 2.41 bits per heavy atom. The van der Waals surface area contributed by atoms with Crippen molar-refractivity contribution in [2.75, 3.05) is 0 Å². The molecule has 0 saturated heterocycles. The summed E-state index contributed by atoms with van der Waals surface area (Å²) in [6, 6.07) is 2.23. The molecule has 0 fully saturated rings. The summed E-state index contributed by atoms with van der Waals surface area (Å²) < 4.78 is 2.99. The molecule has 0 radical (unpaired) electrons. The summed E-state index contributed by atoms with van der Waals surface area (Å²) in [6.45, 7) is 2.05. The van der Waals surface area contributed by atoms with Crippen molar-refractivity contribution < 1.29 is 0 Å². The van der Waals surface area contributed by atoms with Crippen molar-refractivity contribution in [2.24, 2.45) is 12.9 Å². The number of nitrogens with two attached hydrogens (primary N) is 1. The number of hydrogen-bond acceptors (Lipinski definition) is 4. The molecule has 92 valence electrons. The molecule has 0 saturated carbocycles. The molecule has 0 amide bonds. The van der Waals surface area contributed by atoms with Gasteiger partial charge in [-0.1, -0.05) is 0 Å². The standard InChI is InChI=1S/C11H15BrN4S/c1-7-10(5-14-16(7)2)11(15-13)4-9-3-8(12)6-17-9/h3,5-6,11,15H,4,13H2,1-2H3. The van der Waals surface area contributed by atoms with Crippen LogP contribution in [0.25, 0.3) is 0 Å². The molecule has 0 aliphatic rings. The first-order valence-corrected chi connectivity index (χ1v) is 6.96. The summed E-state index contributed by atoms with van der Waals surface area (Å²) in [5.41, 5.74) is 5.16. The van der Waals surface area contributed by atoms with E-state index < -0.39 is 0 Å². The predicted molar refractivity (Wildman–Crippen MR) is 73.7 cm³/mol. The number of hydrogen-bond donors (Lipinski definition) is 2. The topological polar surface area (TPSA) is 55.9 Å². The maximum absolute atomic E-state index is 5.64. The first-order chi connectivity index (χ1) is 8.11. The Bertz CT molecular complexity index is 505. The van der Waals surface area contributed by atoms with E-state index in [4.69, 9.17) is 5.84 Å². The maximum atomic E-state index is 5.64. The fraction of sp³-hybridized carbons (Fsp3) is 0.364. The van der Waals surface area contributed by atoms with E-state index in [2.05, 4.69) is 44.8 Å². The largest absolute Gasteiger partial charge is 0.273 e. The number of thiophene rings is 1. The average molecular weight is 315 g/mol. The molecule has 3 N–H and O–H groups in total. The van der Waals surface area contributed by atoms with Crippen molar-refractivity contribution in [3.05, 3.63) is 38.3 Å². The monoisotopic (exact) mass is 314 g/mol. The molecule has 0 aliphatic carbocycles. The Balaban J connectivity index is 2.19. The molecule has 0 bridgehead atoms. The van der Waals surface area contributed by atoms with Crippen LogP contribution in [0, 0.1) is 6.92 Å². The van der Waals surface area contributed by atoms with Crippen molar-refractivity contribution in [1.29, 1.82) is 0 Å². The van der Waals surface area contributed by atoms with E-state index in [1.54, 1.807) is 11.3 Å². The van der Waals surface area contributed by atoms with Gasteiger partial charge in [-0.25, -0.2) is 0 Å². The third-order valence-corrected chi connectivity index (χ3v) is 4.60. The summed E-state index contributed by atoms with van der Waals surface area (Å²) in [5, 5.41) is 6.33. The van der Waals surface area contributed by atoms with Gasteiger partial charge in [-0.2, -0.15) is 5.10 Å². The first kappa shape index (κ1) is 12.8. The lowest BCUT2D eigenvalue weighted by molar-refractivity contribution is 0.551. The lowest BCUT2D eigenvalue weighted by atomic mass is 10.0. The van der Waals surface area contributed by atoms with Crippen LogP contribution >= 0.6 is 27.3 Å². The van der Waals surface area contributed by atoms with Crippen molar-refractivity contribution in [2.45, 2.75) is 19.4 Å². The first-order valence-electron chi connectivity index (χ1n) is 5.29. The van der Waals surface area contributed by atoms with Gasteiger partial charge in [0.2, 0.25) is 0 Å². The van der Waals surface area contributed by atoms with Crippen LogP contribution < -0.4 is 11.3 Å². The van der Waals surface area contributed by atoms with E-state index in [0.29, 0.717) is 0 Å². The van der Waals surface area contributed by atoms with Crippen LogP contribution in [0.2, 0.25) is 0 Å². The highest BCUT2D eigenvalue weighted by atomic mass is 79.9. The Labute approximate surface area is 113 Å². The molecule has 1 unspecified atom stereocenters. The van der Waals surface area contributed by atoms with Crippen LogP contribution in [-0.2, 0) is 13.5 Å². The van der Waals surface area contributed by atoms with Crippen LogP contribution in [-0.4, -0.2) is 9.78 Å². The van der Waals surface area contributed by atoms with Gasteiger partial charge in [0.1, 0.15) is 0 Å². The van der Waals surface area contributed by atoms with Gasteiger partial charge < -0.3 is 0 Å². The summed E-state index contributed by atoms with van der Waals surface area (Å²) in [6.07, 6.45) is 2.75. The lowest BCUT2D eigenvalue weighted by Crippen LogP contribution is -2.29. The summed E-state index contributed by atoms with van der Waals surface area (Å²) in [7, 11) is 1.94. The molecule has 2 heterocycles. The van der Waals surface area contributed by atoms with Crippen molar-refractivity contribution in [3.63, 3.8) is 0 Å². The third kappa shape index (κ3) is 2.77. The van der Waals surface area contributed by atoms with E-state index in [1.165, 1.54) is 4.88 Å². The van der Waals surface area contributed by atoms with Gasteiger partial charge in [0.15, 0.2) is 0 Å². The smallest absolute Gasteiger partial charge is 0.0541 e. The Morgan fingerprint density at radius 1 is 1.65 bits per heavy atom. The Morgan fingerprint density at radius 3 is 2.88 bits per heavy atom. The van der Waals surface area contributed by atoms with E-state index in [-0.39, 0.29) is 6.04 Å². The minimum Gasteiger partial charge on any atom is -0.273 e. The van der Waals surface area contributed by atoms with Crippen molar-refractivity contribution in [1.82, 2.24) is 15.2 Å². The van der Waals surface area contributed by atoms with Gasteiger partial charge in [-0.15, -0.1) is 11.3 Å². The minimum atomic E-state index is 0.106. The quantitative estimate of drug-likeness (QED) is 0.672. The normalized spacial score (nSPS) is 12.9. The third-order valence-electron chi connectivity index (χ3n) is 2.88. The van der Waals surface area contributed by atoms with Crippen LogP contribution in [0.4, 0.5) is 0 Å². The van der Waals surface area contributed by atoms with Crippen molar-refractivity contribution in [3.8, 4) is 0 Å². The molecular weight excluding hydrogens is 300 g/mol. The number of nitrogens with one attached hydrogen (secondary N) is 1. The van der Waals surface area contributed by atoms with Gasteiger partial charge in [0.25, 0.3) is 0 Å². The minimum absolute atomic E-state index is 0.106. The fourth-order valence-electron chi connectivity index (χ4n) is 1.78. The van der Waals surface area contributed by atoms with Crippen LogP contribution in [0.15, 0.2) is 22.1 Å². The molecule has 6 heteroatoms. The van der Waals surface area contributed by atoms with Crippen LogP contribution in [0.5, 0.6) is 0 Å². The van der Waals surface area contributed by atoms with Gasteiger partial charge >= 0.3 is 0 Å². The molecule has 4 nitrogen and oxygen atoms in total. The summed E-state index contributed by atoms with van der Waals surface area (Å²) in [4.78, 5) is 1.29. The summed E-state index contributed by atoms with van der Waals surface area (Å²) >= 11 is 5.19. The van der Waals surface area contributed by atoms with E-state index in [9.17, 15) is 0 Å². The SMILES string of the molecule is Cc1c(C(Cc2cc(Br)cs2)NN)cnn1C. The maximum Gasteiger partial charge on any atom is 0.0541 e. The summed E-state index contributed by atoms with van der Waals surface area (Å²) in [5.74, 6) is 5.64. The number of aromatic nitrogens is 2. The highest BCUT2D eigenvalue weighted by Crippen LogP contribution is 2.26. The lowest BCUT2D eigenvalue weighted by Gasteiger charge is -2.14. The predicted octanol–water partition coefficient (Wildman–Crippen LogP) is 2.30. The zero-order chi connectivity index (χ0) is 12.4. The Hall–Kier alpha value is -0.690. The molecule has 0 spiro atoms. The van der Waals surface area contributed by atoms with E-state index in [1.807, 2.05) is 17.9 Å². The van der Waals surface area contributed by atoms with Gasteiger partial charge in [0.05, 0.1) is 12.2 Å². The second-order valence-corrected chi connectivity index (χ2v) is 5.87. The molecule has 2 aromatic heterocycles. The fourth-order valence-corrected chi connectivity index (χ4v) is 3.28. The number of aryl methyl sites for hydroxylation is 1. The molecular formula is C11H15BrN4S. The molecule has 2 rings (SSSR count). The zero-order valence-corrected chi connectivity index (χ0v) is 12.2. The second-order valence-electron chi connectivity index (χ2n) is 3.96. The van der Waals surface area contributed by atoms with Gasteiger partial charge in [-0.05, 0) is 28.9 Å². The van der Waals surface area contributed by atoms with Crippen molar-refractivity contribution >= 4 is 27.3 Å². The molecule has 2 aromatic rings. The highest BCUT2D eigenvalue weighted by molar-refractivity contribution is 9.10. The number of hydrazine groups is 1. The molecule has 1 atom stereocenters. The van der Waals surface area contributed by atoms with Crippen LogP contribution in [0.3, 0.4) is 0 Å². The average Bonchev–Trinajstić information content (AvgIpc) is 2.85.